The van der Waals surface area contributed by atoms with Crippen molar-refractivity contribution in [1.82, 2.24) is 4.98 Å². The highest BCUT2D eigenvalue weighted by Gasteiger charge is 2.44. The minimum atomic E-state index is -0.621. The first kappa shape index (κ1) is 20.5. The number of pyridine rings is 1. The quantitative estimate of drug-likeness (QED) is 0.659. The van der Waals surface area contributed by atoms with E-state index in [1.807, 2.05) is 43.3 Å². The molecule has 2 heterocycles. The molecule has 5 nitrogen and oxygen atoms in total. The molecular weight excluding hydrogens is 400 g/mol. The number of esters is 1. The second-order valence-electron chi connectivity index (χ2n) is 7.69. The van der Waals surface area contributed by atoms with E-state index in [9.17, 15) is 9.59 Å². The molecule has 4 rings (SSSR count). The number of carbonyl (C=O) groups is 2. The van der Waals surface area contributed by atoms with Gasteiger partial charge in [-0.25, -0.2) is 0 Å². The maximum atomic E-state index is 13.4. The number of rotatable bonds is 4. The van der Waals surface area contributed by atoms with Gasteiger partial charge in [0.25, 0.3) is 0 Å². The van der Waals surface area contributed by atoms with Crippen LogP contribution in [0.25, 0.3) is 0 Å². The molecule has 0 N–H and O–H groups in total. The molecule has 0 amide bonds. The third-order valence-electron chi connectivity index (χ3n) is 5.81. The Hall–Kier alpha value is -2.79. The normalized spacial score (nSPS) is 23.6. The van der Waals surface area contributed by atoms with E-state index in [-0.39, 0.29) is 24.3 Å². The number of aromatic nitrogens is 1. The fourth-order valence-corrected chi connectivity index (χ4v) is 4.61. The topological polar surface area (TPSA) is 68.6 Å². The van der Waals surface area contributed by atoms with E-state index in [2.05, 4.69) is 4.98 Å². The van der Waals surface area contributed by atoms with Gasteiger partial charge in [0.15, 0.2) is 5.78 Å². The molecule has 154 valence electrons. The van der Waals surface area contributed by atoms with Gasteiger partial charge in [-0.05, 0) is 55.5 Å². The third-order valence-corrected chi connectivity index (χ3v) is 6.07. The number of carbonyl (C=O) groups excluding carboxylic acids is 2. The zero-order chi connectivity index (χ0) is 21.3. The van der Waals surface area contributed by atoms with Crippen LogP contribution in [0, 0.1) is 5.92 Å². The van der Waals surface area contributed by atoms with Crippen molar-refractivity contribution in [3.8, 4) is 0 Å². The molecule has 1 aromatic heterocycles. The number of hydrogen-bond donors (Lipinski definition) is 0. The summed E-state index contributed by atoms with van der Waals surface area (Å²) in [5, 5.41) is 0.668. The van der Waals surface area contributed by atoms with Crippen molar-refractivity contribution in [1.29, 1.82) is 0 Å². The summed E-state index contributed by atoms with van der Waals surface area (Å²) in [5.41, 5.74) is 3.95. The lowest BCUT2D eigenvalue weighted by Gasteiger charge is -2.36. The molecule has 0 radical (unpaired) electrons. The van der Waals surface area contributed by atoms with Crippen molar-refractivity contribution in [3.05, 3.63) is 76.2 Å². The molecule has 0 saturated heterocycles. The van der Waals surface area contributed by atoms with E-state index in [4.69, 9.17) is 21.3 Å². The van der Waals surface area contributed by atoms with Crippen LogP contribution in [0.3, 0.4) is 0 Å². The molecule has 1 unspecified atom stereocenters. The number of Topliss-reactive ketones (excluding diaryl/α,β-unsaturated/α-hetero) is 1. The Balaban J connectivity index is 1.78. The molecule has 0 spiro atoms. The first-order valence-corrected chi connectivity index (χ1v) is 10.5. The van der Waals surface area contributed by atoms with Crippen molar-refractivity contribution in [2.24, 2.45) is 10.9 Å². The minimum Gasteiger partial charge on any atom is -0.465 e. The molecular formula is C24H23ClN2O3. The second-order valence-corrected chi connectivity index (χ2v) is 8.12. The van der Waals surface area contributed by atoms with Gasteiger partial charge < -0.3 is 4.74 Å². The van der Waals surface area contributed by atoms with E-state index in [1.54, 1.807) is 19.3 Å². The van der Waals surface area contributed by atoms with Crippen LogP contribution in [0.1, 0.15) is 49.7 Å². The van der Waals surface area contributed by atoms with Crippen molar-refractivity contribution in [3.63, 3.8) is 0 Å². The number of nitrogens with zero attached hydrogens (tertiary/aromatic N) is 2. The number of benzene rings is 1. The van der Waals surface area contributed by atoms with Gasteiger partial charge in [-0.1, -0.05) is 29.8 Å². The standard InChI is InChI=1S/C24H23ClN2O3/c1-3-30-24(29)21-14(2)27-19-11-17(15-6-8-18(25)9-7-15)12-20(28)23(19)22(21)16-5-4-10-26-13-16/h4-10,13,17,21-22H,3,11-12H2,1-2H3/t17-,21?,22+/m1/s1. The van der Waals surface area contributed by atoms with Crippen molar-refractivity contribution in [2.75, 3.05) is 6.61 Å². The molecule has 0 fully saturated rings. The lowest BCUT2D eigenvalue weighted by Crippen LogP contribution is -2.38. The van der Waals surface area contributed by atoms with Gasteiger partial charge in [0.2, 0.25) is 0 Å². The molecule has 2 aliphatic rings. The molecule has 1 aromatic carbocycles. The Labute approximate surface area is 180 Å². The highest BCUT2D eigenvalue weighted by molar-refractivity contribution is 6.30. The Morgan fingerprint density at radius 3 is 2.60 bits per heavy atom. The smallest absolute Gasteiger partial charge is 0.315 e. The Bertz CT molecular complexity index is 1030. The van der Waals surface area contributed by atoms with Gasteiger partial charge in [-0.2, -0.15) is 0 Å². The van der Waals surface area contributed by atoms with Crippen LogP contribution in [0.2, 0.25) is 5.02 Å². The van der Waals surface area contributed by atoms with Crippen molar-refractivity contribution < 1.29 is 14.3 Å². The first-order chi connectivity index (χ1) is 14.5. The summed E-state index contributed by atoms with van der Waals surface area (Å²) in [6.07, 6.45) is 4.42. The Morgan fingerprint density at radius 1 is 1.17 bits per heavy atom. The summed E-state index contributed by atoms with van der Waals surface area (Å²) < 4.78 is 5.33. The highest BCUT2D eigenvalue weighted by Crippen LogP contribution is 2.46. The third kappa shape index (κ3) is 3.82. The second kappa shape index (κ2) is 8.52. The van der Waals surface area contributed by atoms with Crippen LogP contribution in [-0.2, 0) is 14.3 Å². The molecule has 2 aromatic rings. The van der Waals surface area contributed by atoms with Gasteiger partial charge in [-0.15, -0.1) is 0 Å². The minimum absolute atomic E-state index is 0.0237. The van der Waals surface area contributed by atoms with Crippen LogP contribution >= 0.6 is 11.6 Å². The average Bonchev–Trinajstić information content (AvgIpc) is 2.74. The largest absolute Gasteiger partial charge is 0.465 e. The lowest BCUT2D eigenvalue weighted by molar-refractivity contribution is -0.146. The first-order valence-electron chi connectivity index (χ1n) is 10.1. The van der Waals surface area contributed by atoms with E-state index in [1.165, 1.54) is 0 Å². The van der Waals surface area contributed by atoms with Gasteiger partial charge in [0.1, 0.15) is 5.92 Å². The van der Waals surface area contributed by atoms with Crippen LogP contribution in [-0.4, -0.2) is 29.1 Å². The summed E-state index contributed by atoms with van der Waals surface area (Å²) in [4.78, 5) is 35.1. The SMILES string of the molecule is CCOC(=O)C1C(C)=NC2=C(C(=O)C[C@H](c3ccc(Cl)cc3)C2)[C@H]1c1cccnc1. The maximum Gasteiger partial charge on any atom is 0.315 e. The summed E-state index contributed by atoms with van der Waals surface area (Å²) in [6.45, 7) is 3.89. The zero-order valence-electron chi connectivity index (χ0n) is 17.0. The zero-order valence-corrected chi connectivity index (χ0v) is 17.7. The number of hydrogen-bond acceptors (Lipinski definition) is 5. The number of ether oxygens (including phenoxy) is 1. The number of allylic oxidation sites excluding steroid dienone is 2. The summed E-state index contributed by atoms with van der Waals surface area (Å²) in [7, 11) is 0. The van der Waals surface area contributed by atoms with Gasteiger partial charge >= 0.3 is 5.97 Å². The molecule has 0 bridgehead atoms. The van der Waals surface area contributed by atoms with E-state index < -0.39 is 11.8 Å². The van der Waals surface area contributed by atoms with Crippen LogP contribution in [0.5, 0.6) is 0 Å². The fourth-order valence-electron chi connectivity index (χ4n) is 4.49. The van der Waals surface area contributed by atoms with Gasteiger partial charge in [0.05, 0.1) is 6.61 Å². The van der Waals surface area contributed by atoms with E-state index in [0.717, 1.165) is 16.8 Å². The van der Waals surface area contributed by atoms with Crippen molar-refractivity contribution >= 4 is 29.1 Å². The predicted molar refractivity (Wildman–Crippen MR) is 116 cm³/mol. The average molecular weight is 423 g/mol. The highest BCUT2D eigenvalue weighted by atomic mass is 35.5. The Morgan fingerprint density at radius 2 is 1.93 bits per heavy atom. The summed E-state index contributed by atoms with van der Waals surface area (Å²) in [6, 6.07) is 11.3. The molecule has 1 aliphatic carbocycles. The molecule has 30 heavy (non-hydrogen) atoms. The van der Waals surface area contributed by atoms with Gasteiger partial charge in [-0.3, -0.25) is 19.6 Å². The van der Waals surface area contributed by atoms with E-state index >= 15 is 0 Å². The van der Waals surface area contributed by atoms with Crippen LogP contribution < -0.4 is 0 Å². The Kier molecular flexibility index (Phi) is 5.82. The maximum absolute atomic E-state index is 13.4. The predicted octanol–water partition coefficient (Wildman–Crippen LogP) is 4.87. The van der Waals surface area contributed by atoms with Crippen LogP contribution in [0.15, 0.2) is 65.1 Å². The summed E-state index contributed by atoms with van der Waals surface area (Å²) >= 11 is 6.02. The molecule has 0 saturated carbocycles. The molecule has 1 aliphatic heterocycles. The number of halogens is 1. The number of aliphatic imine (C=N–C) groups is 1. The van der Waals surface area contributed by atoms with Crippen molar-refractivity contribution in [2.45, 2.75) is 38.5 Å². The van der Waals surface area contributed by atoms with Crippen LogP contribution in [0.4, 0.5) is 0 Å². The molecule has 6 heteroatoms. The lowest BCUT2D eigenvalue weighted by atomic mass is 9.69. The monoisotopic (exact) mass is 422 g/mol. The number of ketones is 1. The van der Waals surface area contributed by atoms with Gasteiger partial charge in [0, 0.05) is 46.7 Å². The fraction of sp³-hybridized carbons (Fsp3) is 0.333. The van der Waals surface area contributed by atoms with E-state index in [0.29, 0.717) is 29.1 Å². The molecule has 3 atom stereocenters. The summed E-state index contributed by atoms with van der Waals surface area (Å²) in [5.74, 6) is -1.34.